The number of non-ortho nitro benzene ring substituents is 1. The van der Waals surface area contributed by atoms with E-state index in [1.165, 1.54) is 30.5 Å². The molecule has 3 rings (SSSR count). The Morgan fingerprint density at radius 2 is 1.66 bits per heavy atom. The predicted molar refractivity (Wildman–Crippen MR) is 106 cm³/mol. The maximum absolute atomic E-state index is 12.1. The molecule has 0 aliphatic heterocycles. The number of rotatable bonds is 6. The highest BCUT2D eigenvalue weighted by molar-refractivity contribution is 5.95. The van der Waals surface area contributed by atoms with Crippen molar-refractivity contribution in [3.8, 4) is 5.75 Å². The van der Waals surface area contributed by atoms with Crippen LogP contribution in [0.1, 0.15) is 26.3 Å². The Labute approximate surface area is 165 Å². The van der Waals surface area contributed by atoms with Crippen molar-refractivity contribution in [2.24, 2.45) is 5.10 Å². The van der Waals surface area contributed by atoms with Gasteiger partial charge in [0.05, 0.1) is 16.7 Å². The second-order valence-electron chi connectivity index (χ2n) is 5.83. The number of hydrogen-bond donors (Lipinski definition) is 1. The molecule has 0 fully saturated rings. The quantitative estimate of drug-likeness (QED) is 0.228. The van der Waals surface area contributed by atoms with E-state index < -0.39 is 16.8 Å². The van der Waals surface area contributed by atoms with Gasteiger partial charge in [0.15, 0.2) is 0 Å². The molecule has 29 heavy (non-hydrogen) atoms. The number of nitro groups is 1. The van der Waals surface area contributed by atoms with Gasteiger partial charge in [0.25, 0.3) is 11.6 Å². The summed E-state index contributed by atoms with van der Waals surface area (Å²) in [5.41, 5.74) is 3.50. The fourth-order valence-electron chi connectivity index (χ4n) is 2.36. The van der Waals surface area contributed by atoms with Gasteiger partial charge in [0.2, 0.25) is 0 Å². The van der Waals surface area contributed by atoms with Gasteiger partial charge in [-0.15, -0.1) is 0 Å². The van der Waals surface area contributed by atoms with Gasteiger partial charge in [-0.1, -0.05) is 30.3 Å². The number of carbonyl (C=O) groups excluding carboxylic acids is 2. The third-order valence-electron chi connectivity index (χ3n) is 3.80. The summed E-state index contributed by atoms with van der Waals surface area (Å²) in [5, 5.41) is 14.5. The highest BCUT2D eigenvalue weighted by Gasteiger charge is 2.09. The molecule has 1 amide bonds. The molecule has 0 aliphatic rings. The highest BCUT2D eigenvalue weighted by Crippen LogP contribution is 2.15. The van der Waals surface area contributed by atoms with E-state index in [9.17, 15) is 19.7 Å². The third-order valence-corrected chi connectivity index (χ3v) is 3.80. The molecule has 8 nitrogen and oxygen atoms in total. The van der Waals surface area contributed by atoms with Gasteiger partial charge >= 0.3 is 5.97 Å². The van der Waals surface area contributed by atoms with Crippen molar-refractivity contribution < 1.29 is 19.2 Å². The fraction of sp³-hybridized carbons (Fsp3) is 0. The van der Waals surface area contributed by atoms with E-state index in [0.717, 1.165) is 0 Å². The molecule has 0 radical (unpaired) electrons. The summed E-state index contributed by atoms with van der Waals surface area (Å²) >= 11 is 0. The minimum Gasteiger partial charge on any atom is -0.423 e. The van der Waals surface area contributed by atoms with Crippen LogP contribution >= 0.6 is 0 Å². The molecule has 0 saturated carbocycles. The summed E-state index contributed by atoms with van der Waals surface area (Å²) in [6, 6.07) is 20.4. The van der Waals surface area contributed by atoms with Crippen molar-refractivity contribution in [1.82, 2.24) is 5.43 Å². The van der Waals surface area contributed by atoms with Crippen LogP contribution < -0.4 is 10.2 Å². The average molecular weight is 389 g/mol. The van der Waals surface area contributed by atoms with Crippen LogP contribution in [0.15, 0.2) is 84.0 Å². The minimum atomic E-state index is -0.544. The molecule has 0 aromatic heterocycles. The first-order chi connectivity index (χ1) is 14.0. The van der Waals surface area contributed by atoms with Crippen molar-refractivity contribution >= 4 is 23.8 Å². The van der Waals surface area contributed by atoms with Crippen LogP contribution in [0, 0.1) is 10.1 Å². The largest absolute Gasteiger partial charge is 0.423 e. The minimum absolute atomic E-state index is 0.105. The molecular weight excluding hydrogens is 374 g/mol. The maximum Gasteiger partial charge on any atom is 0.343 e. The van der Waals surface area contributed by atoms with Crippen molar-refractivity contribution in [2.75, 3.05) is 0 Å². The standard InChI is InChI=1S/C21H15N3O5/c25-20(16-9-11-18(12-10-16)24(27)28)23-22-14-15-5-4-8-19(13-15)29-21(26)17-6-2-1-3-7-17/h1-14H,(H,23,25). The summed E-state index contributed by atoms with van der Waals surface area (Å²) in [6.07, 6.45) is 1.39. The number of hydrazone groups is 1. The Hall–Kier alpha value is -4.33. The molecule has 8 heteroatoms. The zero-order valence-electron chi connectivity index (χ0n) is 15.0. The number of benzene rings is 3. The summed E-state index contributed by atoms with van der Waals surface area (Å²) in [6.45, 7) is 0. The number of carbonyl (C=O) groups is 2. The number of amides is 1. The van der Waals surface area contributed by atoms with Gasteiger partial charge in [-0.3, -0.25) is 14.9 Å². The molecule has 3 aromatic carbocycles. The van der Waals surface area contributed by atoms with Crippen molar-refractivity contribution in [3.63, 3.8) is 0 Å². The van der Waals surface area contributed by atoms with Crippen LogP contribution in [0.4, 0.5) is 5.69 Å². The molecular formula is C21H15N3O5. The van der Waals surface area contributed by atoms with Crippen LogP contribution in [-0.2, 0) is 0 Å². The highest BCUT2D eigenvalue weighted by atomic mass is 16.6. The Kier molecular flexibility index (Phi) is 6.06. The lowest BCUT2D eigenvalue weighted by molar-refractivity contribution is -0.384. The first-order valence-corrected chi connectivity index (χ1v) is 8.48. The number of nitrogens with zero attached hydrogens (tertiary/aromatic N) is 2. The predicted octanol–water partition coefficient (Wildman–Crippen LogP) is 3.58. The van der Waals surface area contributed by atoms with Gasteiger partial charge in [-0.2, -0.15) is 5.10 Å². The Bertz CT molecular complexity index is 1060. The molecule has 0 bridgehead atoms. The monoisotopic (exact) mass is 389 g/mol. The number of hydrogen-bond acceptors (Lipinski definition) is 6. The molecule has 0 atom stereocenters. The first-order valence-electron chi connectivity index (χ1n) is 8.48. The Balaban J connectivity index is 1.60. The maximum atomic E-state index is 12.1. The zero-order chi connectivity index (χ0) is 20.6. The molecule has 0 aliphatic carbocycles. The van der Waals surface area contributed by atoms with Crippen LogP contribution in [-0.4, -0.2) is 23.0 Å². The van der Waals surface area contributed by atoms with Crippen molar-refractivity contribution in [1.29, 1.82) is 0 Å². The van der Waals surface area contributed by atoms with Gasteiger partial charge < -0.3 is 4.74 Å². The number of nitrogens with one attached hydrogen (secondary N) is 1. The van der Waals surface area contributed by atoms with Gasteiger partial charge in [-0.25, -0.2) is 10.2 Å². The number of nitro benzene ring substituents is 1. The van der Waals surface area contributed by atoms with Gasteiger partial charge in [0, 0.05) is 17.7 Å². The van der Waals surface area contributed by atoms with E-state index in [4.69, 9.17) is 4.74 Å². The molecule has 144 valence electrons. The first kappa shape index (κ1) is 19.4. The molecule has 0 heterocycles. The number of ether oxygens (including phenoxy) is 1. The summed E-state index contributed by atoms with van der Waals surface area (Å²) < 4.78 is 5.33. The second-order valence-corrected chi connectivity index (χ2v) is 5.83. The van der Waals surface area contributed by atoms with Crippen LogP contribution in [0.2, 0.25) is 0 Å². The lowest BCUT2D eigenvalue weighted by atomic mass is 10.2. The van der Waals surface area contributed by atoms with E-state index in [1.54, 1.807) is 54.6 Å². The third kappa shape index (κ3) is 5.33. The van der Waals surface area contributed by atoms with Gasteiger partial charge in [0.1, 0.15) is 5.75 Å². The zero-order valence-corrected chi connectivity index (χ0v) is 15.0. The van der Waals surface area contributed by atoms with Crippen molar-refractivity contribution in [3.05, 3.63) is 106 Å². The SMILES string of the molecule is O=C(NN=Cc1cccc(OC(=O)c2ccccc2)c1)c1ccc([N+](=O)[O-])cc1. The van der Waals surface area contributed by atoms with Crippen molar-refractivity contribution in [2.45, 2.75) is 0 Å². The molecule has 0 unspecified atom stereocenters. The van der Waals surface area contributed by atoms with Crippen LogP contribution in [0.5, 0.6) is 5.75 Å². The molecule has 1 N–H and O–H groups in total. The molecule has 3 aromatic rings. The molecule has 0 saturated heterocycles. The summed E-state index contributed by atoms with van der Waals surface area (Å²) in [5.74, 6) is -0.654. The molecule has 0 spiro atoms. The lowest BCUT2D eigenvalue weighted by Gasteiger charge is -2.05. The second kappa shape index (κ2) is 9.05. The lowest BCUT2D eigenvalue weighted by Crippen LogP contribution is -2.17. The Morgan fingerprint density at radius 3 is 2.34 bits per heavy atom. The smallest absolute Gasteiger partial charge is 0.343 e. The van der Waals surface area contributed by atoms with E-state index in [-0.39, 0.29) is 11.3 Å². The van der Waals surface area contributed by atoms with E-state index in [1.807, 2.05) is 0 Å². The van der Waals surface area contributed by atoms with E-state index >= 15 is 0 Å². The van der Waals surface area contributed by atoms with E-state index in [2.05, 4.69) is 10.5 Å². The van der Waals surface area contributed by atoms with Crippen LogP contribution in [0.3, 0.4) is 0 Å². The van der Waals surface area contributed by atoms with Gasteiger partial charge in [-0.05, 0) is 42.0 Å². The normalized spacial score (nSPS) is 10.5. The van der Waals surface area contributed by atoms with Crippen LogP contribution in [0.25, 0.3) is 0 Å². The number of esters is 1. The fourth-order valence-corrected chi connectivity index (χ4v) is 2.36. The topological polar surface area (TPSA) is 111 Å². The Morgan fingerprint density at radius 1 is 0.931 bits per heavy atom. The summed E-state index contributed by atoms with van der Waals surface area (Å²) in [4.78, 5) is 34.2. The van der Waals surface area contributed by atoms with E-state index in [0.29, 0.717) is 16.9 Å². The summed E-state index contributed by atoms with van der Waals surface area (Å²) in [7, 11) is 0. The average Bonchev–Trinajstić information content (AvgIpc) is 2.74.